The number of aromatic nitrogens is 2. The fraction of sp³-hybridized carbons (Fsp3) is 0.200. The molecule has 2 aromatic heterocycles. The fourth-order valence-electron chi connectivity index (χ4n) is 4.12. The monoisotopic (exact) mass is 429 g/mol. The second kappa shape index (κ2) is 8.26. The van der Waals surface area contributed by atoms with Gasteiger partial charge in [-0.2, -0.15) is 5.10 Å². The van der Waals surface area contributed by atoms with E-state index in [2.05, 4.69) is 17.1 Å². The maximum Gasteiger partial charge on any atom is 0.273 e. The zero-order valence-electron chi connectivity index (χ0n) is 17.6. The first-order chi connectivity index (χ1) is 15.7. The molecule has 1 atom stereocenters. The minimum atomic E-state index is -0.392. The second-order valence-corrected chi connectivity index (χ2v) is 7.71. The Morgan fingerprint density at radius 3 is 2.66 bits per heavy atom. The molecular weight excluding hydrogens is 406 g/mol. The first-order valence-electron chi connectivity index (χ1n) is 10.6. The Bertz CT molecular complexity index is 1230. The molecule has 2 N–H and O–H groups in total. The van der Waals surface area contributed by atoms with Crippen molar-refractivity contribution in [2.24, 2.45) is 0 Å². The van der Waals surface area contributed by atoms with Crippen molar-refractivity contribution >= 4 is 5.91 Å². The van der Waals surface area contributed by atoms with Gasteiger partial charge < -0.3 is 19.2 Å². The molecule has 0 radical (unpaired) electrons. The molecule has 1 unspecified atom stereocenters. The van der Waals surface area contributed by atoms with Crippen LogP contribution in [0.4, 0.5) is 0 Å². The number of phenols is 1. The molecule has 3 heterocycles. The molecule has 0 saturated carbocycles. The Hall–Kier alpha value is -4.00. The van der Waals surface area contributed by atoms with E-state index in [4.69, 9.17) is 9.15 Å². The van der Waals surface area contributed by atoms with Gasteiger partial charge in [-0.1, -0.05) is 31.2 Å². The summed E-state index contributed by atoms with van der Waals surface area (Å²) in [4.78, 5) is 15.1. The summed E-state index contributed by atoms with van der Waals surface area (Å²) in [5.74, 6) is 1.42. The van der Waals surface area contributed by atoms with E-state index in [-0.39, 0.29) is 11.7 Å². The third kappa shape index (κ3) is 3.41. The standard InChI is InChI=1S/C25H23N3O4/c1-2-13-31-17-11-9-16(10-12-17)24-21-22(19-7-3-4-8-20(19)29)26-27-23(21)25(30)28(24)15-18-6-5-14-32-18/h3-12,14,24,29H,2,13,15H2,1H3,(H,26,27). The van der Waals surface area contributed by atoms with E-state index in [0.717, 1.165) is 23.3 Å². The summed E-state index contributed by atoms with van der Waals surface area (Å²) in [7, 11) is 0. The first-order valence-corrected chi connectivity index (χ1v) is 10.6. The van der Waals surface area contributed by atoms with Gasteiger partial charge in [0.15, 0.2) is 0 Å². The van der Waals surface area contributed by atoms with E-state index in [1.54, 1.807) is 35.4 Å². The zero-order valence-corrected chi connectivity index (χ0v) is 17.6. The van der Waals surface area contributed by atoms with Crippen molar-refractivity contribution in [1.29, 1.82) is 0 Å². The maximum atomic E-state index is 13.4. The lowest BCUT2D eigenvalue weighted by molar-refractivity contribution is 0.0717. The van der Waals surface area contributed by atoms with Gasteiger partial charge in [-0.3, -0.25) is 9.89 Å². The SMILES string of the molecule is CCCOc1ccc(C2c3c(-c4ccccc4O)n[nH]c3C(=O)N2Cc2ccco2)cc1. The third-order valence-corrected chi connectivity index (χ3v) is 5.60. The largest absolute Gasteiger partial charge is 0.507 e. The Kier molecular flexibility index (Phi) is 5.15. The van der Waals surface area contributed by atoms with E-state index in [1.807, 2.05) is 36.4 Å². The highest BCUT2D eigenvalue weighted by molar-refractivity contribution is 6.00. The minimum absolute atomic E-state index is 0.112. The quantitative estimate of drug-likeness (QED) is 0.436. The molecule has 2 aromatic carbocycles. The van der Waals surface area contributed by atoms with Crippen LogP contribution >= 0.6 is 0 Å². The fourth-order valence-corrected chi connectivity index (χ4v) is 4.12. The average molecular weight is 429 g/mol. The Balaban J connectivity index is 1.60. The van der Waals surface area contributed by atoms with Gasteiger partial charge in [0.2, 0.25) is 0 Å². The molecule has 0 fully saturated rings. The first kappa shape index (κ1) is 19.9. The third-order valence-electron chi connectivity index (χ3n) is 5.60. The van der Waals surface area contributed by atoms with Crippen LogP contribution in [0.5, 0.6) is 11.5 Å². The summed E-state index contributed by atoms with van der Waals surface area (Å²) >= 11 is 0. The van der Waals surface area contributed by atoms with E-state index in [1.165, 1.54) is 0 Å². The molecule has 1 aliphatic rings. The van der Waals surface area contributed by atoms with Gasteiger partial charge in [0.05, 0.1) is 25.5 Å². The number of aromatic amines is 1. The molecule has 32 heavy (non-hydrogen) atoms. The number of fused-ring (bicyclic) bond motifs is 1. The molecule has 1 amide bonds. The molecular formula is C25H23N3O4. The van der Waals surface area contributed by atoms with Crippen LogP contribution in [0.2, 0.25) is 0 Å². The van der Waals surface area contributed by atoms with Crippen LogP contribution in [-0.2, 0) is 6.54 Å². The van der Waals surface area contributed by atoms with Crippen LogP contribution < -0.4 is 4.74 Å². The van der Waals surface area contributed by atoms with Crippen LogP contribution in [0, 0.1) is 0 Å². The van der Waals surface area contributed by atoms with E-state index >= 15 is 0 Å². The number of nitrogens with one attached hydrogen (secondary N) is 1. The van der Waals surface area contributed by atoms with Crippen molar-refractivity contribution in [3.63, 3.8) is 0 Å². The van der Waals surface area contributed by atoms with Gasteiger partial charge in [-0.05, 0) is 48.4 Å². The summed E-state index contributed by atoms with van der Waals surface area (Å²) in [6.45, 7) is 3.02. The summed E-state index contributed by atoms with van der Waals surface area (Å²) in [5.41, 5.74) is 3.22. The van der Waals surface area contributed by atoms with Gasteiger partial charge in [-0.15, -0.1) is 0 Å². The number of nitrogens with zero attached hydrogens (tertiary/aromatic N) is 2. The van der Waals surface area contributed by atoms with Crippen molar-refractivity contribution in [2.75, 3.05) is 6.61 Å². The van der Waals surface area contributed by atoms with E-state index in [0.29, 0.717) is 35.9 Å². The summed E-state index contributed by atoms with van der Waals surface area (Å²) < 4.78 is 11.2. The van der Waals surface area contributed by atoms with Crippen molar-refractivity contribution in [3.8, 4) is 22.8 Å². The molecule has 0 aliphatic carbocycles. The van der Waals surface area contributed by atoms with Crippen molar-refractivity contribution < 1.29 is 19.1 Å². The lowest BCUT2D eigenvalue weighted by Gasteiger charge is -2.25. The molecule has 7 nitrogen and oxygen atoms in total. The van der Waals surface area contributed by atoms with Gasteiger partial charge >= 0.3 is 0 Å². The van der Waals surface area contributed by atoms with Crippen LogP contribution in [0.15, 0.2) is 71.3 Å². The van der Waals surface area contributed by atoms with Crippen LogP contribution in [0.3, 0.4) is 0 Å². The average Bonchev–Trinajstić information content (AvgIpc) is 3.53. The number of ether oxygens (including phenoxy) is 1. The highest BCUT2D eigenvalue weighted by atomic mass is 16.5. The normalized spacial score (nSPS) is 15.2. The number of carbonyl (C=O) groups is 1. The topological polar surface area (TPSA) is 91.6 Å². The summed E-state index contributed by atoms with van der Waals surface area (Å²) in [6.07, 6.45) is 2.52. The zero-order chi connectivity index (χ0) is 22.1. The Morgan fingerprint density at radius 1 is 1.12 bits per heavy atom. The molecule has 4 aromatic rings. The number of hydrogen-bond acceptors (Lipinski definition) is 5. The molecule has 0 bridgehead atoms. The molecule has 162 valence electrons. The van der Waals surface area contributed by atoms with E-state index in [9.17, 15) is 9.90 Å². The number of H-pyrrole nitrogens is 1. The maximum absolute atomic E-state index is 13.4. The summed E-state index contributed by atoms with van der Waals surface area (Å²) in [5, 5.41) is 17.8. The van der Waals surface area contributed by atoms with Crippen molar-refractivity contribution in [2.45, 2.75) is 25.9 Å². The Morgan fingerprint density at radius 2 is 1.94 bits per heavy atom. The number of amides is 1. The Labute approximate surface area is 185 Å². The molecule has 0 saturated heterocycles. The number of aromatic hydroxyl groups is 1. The number of para-hydroxylation sites is 1. The second-order valence-electron chi connectivity index (χ2n) is 7.71. The molecule has 5 rings (SSSR count). The van der Waals surface area contributed by atoms with Crippen molar-refractivity contribution in [3.05, 3.63) is 89.5 Å². The summed E-state index contributed by atoms with van der Waals surface area (Å²) in [6, 6.07) is 18.0. The van der Waals surface area contributed by atoms with Gasteiger partial charge in [0, 0.05) is 11.1 Å². The van der Waals surface area contributed by atoms with Crippen LogP contribution in [0.1, 0.15) is 46.8 Å². The number of phenolic OH excluding ortho intramolecular Hbond substituents is 1. The lowest BCUT2D eigenvalue weighted by Crippen LogP contribution is -2.28. The molecule has 7 heteroatoms. The lowest BCUT2D eigenvalue weighted by atomic mass is 9.95. The van der Waals surface area contributed by atoms with E-state index < -0.39 is 6.04 Å². The van der Waals surface area contributed by atoms with Gasteiger partial charge in [0.25, 0.3) is 5.91 Å². The highest BCUT2D eigenvalue weighted by Crippen LogP contribution is 2.45. The van der Waals surface area contributed by atoms with Crippen LogP contribution in [0.25, 0.3) is 11.3 Å². The van der Waals surface area contributed by atoms with Gasteiger partial charge in [-0.25, -0.2) is 0 Å². The predicted octanol–water partition coefficient (Wildman–Crippen LogP) is 4.91. The van der Waals surface area contributed by atoms with Crippen molar-refractivity contribution in [1.82, 2.24) is 15.1 Å². The number of furan rings is 1. The van der Waals surface area contributed by atoms with Crippen LogP contribution in [-0.4, -0.2) is 32.7 Å². The number of benzene rings is 2. The minimum Gasteiger partial charge on any atom is -0.507 e. The number of rotatable bonds is 7. The number of carbonyl (C=O) groups excluding carboxylic acids is 1. The molecule has 1 aliphatic heterocycles. The predicted molar refractivity (Wildman–Crippen MR) is 118 cm³/mol. The smallest absolute Gasteiger partial charge is 0.273 e. The molecule has 0 spiro atoms. The number of hydrogen-bond donors (Lipinski definition) is 2. The van der Waals surface area contributed by atoms with Gasteiger partial charge in [0.1, 0.15) is 28.6 Å². The highest BCUT2D eigenvalue weighted by Gasteiger charge is 2.42.